The first kappa shape index (κ1) is 23.1. The maximum absolute atomic E-state index is 13.5. The van der Waals surface area contributed by atoms with Crippen LogP contribution in [0.15, 0.2) is 69.2 Å². The fourth-order valence-corrected chi connectivity index (χ4v) is 5.59. The van der Waals surface area contributed by atoms with E-state index in [1.165, 1.54) is 12.1 Å². The summed E-state index contributed by atoms with van der Waals surface area (Å²) in [4.78, 5) is 17.0. The van der Waals surface area contributed by atoms with Gasteiger partial charge in [-0.3, -0.25) is 4.79 Å². The van der Waals surface area contributed by atoms with Gasteiger partial charge in [0.15, 0.2) is 10.6 Å². The van der Waals surface area contributed by atoms with Gasteiger partial charge in [-0.1, -0.05) is 43.7 Å². The summed E-state index contributed by atoms with van der Waals surface area (Å²) in [6.07, 6.45) is 4.44. The summed E-state index contributed by atoms with van der Waals surface area (Å²) in [5, 5.41) is 11.3. The van der Waals surface area contributed by atoms with Gasteiger partial charge in [-0.2, -0.15) is 0 Å². The van der Waals surface area contributed by atoms with E-state index in [9.17, 15) is 18.3 Å². The Morgan fingerprint density at radius 3 is 2.27 bits per heavy atom. The topological polar surface area (TPSA) is 90.5 Å². The molecule has 0 amide bonds. The molecule has 0 unspecified atom stereocenters. The van der Waals surface area contributed by atoms with E-state index in [4.69, 9.17) is 0 Å². The van der Waals surface area contributed by atoms with Gasteiger partial charge in [-0.05, 0) is 68.4 Å². The molecule has 33 heavy (non-hydrogen) atoms. The highest BCUT2D eigenvalue weighted by molar-refractivity contribution is 7.91. The number of rotatable bonds is 9. The second kappa shape index (κ2) is 9.43. The summed E-state index contributed by atoms with van der Waals surface area (Å²) >= 11 is 0. The lowest BCUT2D eigenvalue weighted by Gasteiger charge is -2.27. The standard InChI is InChI=1S/C26H30N2O4S/c1-3-5-11-22-23(28(4-2)20-9-7-6-8-10-20)24(29)25(26(30)27-22)33(31,32)21-16-14-19(15-17-21)18-12-13-18/h6-10,14-18H,3-5,11-13H2,1-2H3,(H2,27,29,30). The molecule has 174 valence electrons. The number of aromatic nitrogens is 1. The van der Waals surface area contributed by atoms with Crippen LogP contribution >= 0.6 is 0 Å². The third-order valence-corrected chi connectivity index (χ3v) is 7.95. The van der Waals surface area contributed by atoms with Crippen LogP contribution in [-0.2, 0) is 16.3 Å². The Kier molecular flexibility index (Phi) is 6.61. The average Bonchev–Trinajstić information content (AvgIpc) is 3.66. The third-order valence-electron chi connectivity index (χ3n) is 6.14. The molecule has 0 aliphatic heterocycles. The van der Waals surface area contributed by atoms with E-state index in [1.54, 1.807) is 12.1 Å². The number of unbranched alkanes of at least 4 members (excludes halogenated alkanes) is 1. The molecule has 6 nitrogen and oxygen atoms in total. The maximum Gasteiger partial charge on any atom is 0.271 e. The molecule has 1 fully saturated rings. The van der Waals surface area contributed by atoms with Crippen LogP contribution in [0.5, 0.6) is 5.75 Å². The number of aryl methyl sites for hydroxylation is 1. The summed E-state index contributed by atoms with van der Waals surface area (Å²) < 4.78 is 27.0. The Bertz CT molecular complexity index is 1280. The molecule has 1 heterocycles. The monoisotopic (exact) mass is 466 g/mol. The van der Waals surface area contributed by atoms with Crippen LogP contribution in [0.1, 0.15) is 56.7 Å². The third kappa shape index (κ3) is 4.55. The molecule has 0 spiro atoms. The van der Waals surface area contributed by atoms with Crippen molar-refractivity contribution in [2.75, 3.05) is 11.4 Å². The first-order valence-corrected chi connectivity index (χ1v) is 13.0. The highest BCUT2D eigenvalue weighted by Crippen LogP contribution is 2.42. The van der Waals surface area contributed by atoms with E-state index in [2.05, 4.69) is 4.98 Å². The lowest BCUT2D eigenvalue weighted by molar-refractivity contribution is 0.454. The summed E-state index contributed by atoms with van der Waals surface area (Å²) in [5.41, 5.74) is 1.98. The number of hydrogen-bond donors (Lipinski definition) is 2. The van der Waals surface area contributed by atoms with Crippen molar-refractivity contribution in [1.82, 2.24) is 4.98 Å². The second-order valence-electron chi connectivity index (χ2n) is 8.49. The van der Waals surface area contributed by atoms with Crippen molar-refractivity contribution in [3.8, 4) is 5.75 Å². The number of anilines is 2. The fraction of sp³-hybridized carbons (Fsp3) is 0.346. The maximum atomic E-state index is 13.5. The molecular weight excluding hydrogens is 436 g/mol. The number of nitrogens with one attached hydrogen (secondary N) is 1. The molecule has 1 aliphatic rings. The van der Waals surface area contributed by atoms with E-state index in [-0.39, 0.29) is 4.90 Å². The number of benzene rings is 2. The van der Waals surface area contributed by atoms with Crippen LogP contribution in [0.4, 0.5) is 11.4 Å². The molecule has 4 rings (SSSR count). The number of aromatic hydroxyl groups is 1. The van der Waals surface area contributed by atoms with Crippen LogP contribution < -0.4 is 10.5 Å². The van der Waals surface area contributed by atoms with Crippen molar-refractivity contribution in [2.24, 2.45) is 0 Å². The zero-order chi connectivity index (χ0) is 23.6. The molecule has 0 saturated heterocycles. The number of H-pyrrole nitrogens is 1. The quantitative estimate of drug-likeness (QED) is 0.447. The lowest BCUT2D eigenvalue weighted by Crippen LogP contribution is -2.25. The first-order valence-electron chi connectivity index (χ1n) is 11.5. The van der Waals surface area contributed by atoms with Crippen LogP contribution in [0.3, 0.4) is 0 Å². The molecule has 2 aromatic carbocycles. The Labute approximate surface area is 194 Å². The van der Waals surface area contributed by atoms with Crippen LogP contribution in [0.25, 0.3) is 0 Å². The lowest BCUT2D eigenvalue weighted by atomic mass is 10.1. The number of aromatic amines is 1. The highest BCUT2D eigenvalue weighted by Gasteiger charge is 2.32. The second-order valence-corrected chi connectivity index (χ2v) is 10.4. The normalized spacial score (nSPS) is 13.8. The number of sulfone groups is 1. The molecular formula is C26H30N2O4S. The molecule has 2 N–H and O–H groups in total. The minimum atomic E-state index is -4.23. The summed E-state index contributed by atoms with van der Waals surface area (Å²) in [7, 11) is -4.23. The number of pyridine rings is 1. The fourth-order valence-electron chi connectivity index (χ4n) is 4.22. The SMILES string of the molecule is CCCCc1[nH]c(=O)c(S(=O)(=O)c2ccc(C3CC3)cc2)c(O)c1N(CC)c1ccccc1. The van der Waals surface area contributed by atoms with Crippen molar-refractivity contribution in [2.45, 2.75) is 61.7 Å². The van der Waals surface area contributed by atoms with Crippen molar-refractivity contribution in [3.05, 3.63) is 76.2 Å². The average molecular weight is 467 g/mol. The van der Waals surface area contributed by atoms with Crippen molar-refractivity contribution < 1.29 is 13.5 Å². The zero-order valence-electron chi connectivity index (χ0n) is 19.0. The van der Waals surface area contributed by atoms with Gasteiger partial charge in [-0.25, -0.2) is 8.42 Å². The molecule has 7 heteroatoms. The van der Waals surface area contributed by atoms with Crippen molar-refractivity contribution in [3.63, 3.8) is 0 Å². The van der Waals surface area contributed by atoms with Gasteiger partial charge >= 0.3 is 0 Å². The molecule has 0 radical (unpaired) electrons. The highest BCUT2D eigenvalue weighted by atomic mass is 32.2. The van der Waals surface area contributed by atoms with Crippen LogP contribution in [-0.4, -0.2) is 25.1 Å². The smallest absolute Gasteiger partial charge is 0.271 e. The van der Waals surface area contributed by atoms with E-state index >= 15 is 0 Å². The van der Waals surface area contributed by atoms with Crippen molar-refractivity contribution >= 4 is 21.2 Å². The van der Waals surface area contributed by atoms with Crippen molar-refractivity contribution in [1.29, 1.82) is 0 Å². The van der Waals surface area contributed by atoms with Gasteiger partial charge in [0.25, 0.3) is 5.56 Å². The first-order chi connectivity index (χ1) is 15.9. The number of hydrogen-bond acceptors (Lipinski definition) is 5. The van der Waals surface area contributed by atoms with Crippen LogP contribution in [0, 0.1) is 0 Å². The predicted octanol–water partition coefficient (Wildman–Crippen LogP) is 5.29. The van der Waals surface area contributed by atoms with E-state index in [0.29, 0.717) is 30.3 Å². The van der Waals surface area contributed by atoms with E-state index in [0.717, 1.165) is 36.9 Å². The molecule has 0 atom stereocenters. The Morgan fingerprint density at radius 1 is 1.03 bits per heavy atom. The Balaban J connectivity index is 1.88. The summed E-state index contributed by atoms with van der Waals surface area (Å²) in [6, 6.07) is 16.1. The van der Waals surface area contributed by atoms with Gasteiger partial charge in [0, 0.05) is 17.9 Å². The summed E-state index contributed by atoms with van der Waals surface area (Å²) in [5.74, 6) is -0.00572. The molecule has 3 aromatic rings. The Hall–Kier alpha value is -3.06. The van der Waals surface area contributed by atoms with Crippen LogP contribution in [0.2, 0.25) is 0 Å². The molecule has 1 aromatic heterocycles. The minimum absolute atomic E-state index is 0.00252. The van der Waals surface area contributed by atoms with Gasteiger partial charge in [0.2, 0.25) is 9.84 Å². The van der Waals surface area contributed by atoms with Gasteiger partial charge in [0.05, 0.1) is 4.90 Å². The zero-order valence-corrected chi connectivity index (χ0v) is 19.9. The van der Waals surface area contributed by atoms with Gasteiger partial charge < -0.3 is 15.0 Å². The predicted molar refractivity (Wildman–Crippen MR) is 130 cm³/mol. The van der Waals surface area contributed by atoms with E-state index in [1.807, 2.05) is 49.1 Å². The number of nitrogens with zero attached hydrogens (tertiary/aromatic N) is 1. The molecule has 1 aliphatic carbocycles. The number of para-hydroxylation sites is 1. The minimum Gasteiger partial charge on any atom is -0.504 e. The van der Waals surface area contributed by atoms with Gasteiger partial charge in [-0.15, -0.1) is 0 Å². The molecule has 1 saturated carbocycles. The molecule has 0 bridgehead atoms. The van der Waals surface area contributed by atoms with E-state index < -0.39 is 26.0 Å². The Morgan fingerprint density at radius 2 is 1.70 bits per heavy atom. The summed E-state index contributed by atoms with van der Waals surface area (Å²) in [6.45, 7) is 4.45. The van der Waals surface area contributed by atoms with Gasteiger partial charge in [0.1, 0.15) is 5.69 Å². The largest absolute Gasteiger partial charge is 0.504 e.